The van der Waals surface area contributed by atoms with Gasteiger partial charge in [-0.3, -0.25) is 4.90 Å². The van der Waals surface area contributed by atoms with Gasteiger partial charge in [0.15, 0.2) is 5.82 Å². The number of hydrogen-bond donors (Lipinski definition) is 1. The molecule has 2 aliphatic heterocycles. The van der Waals surface area contributed by atoms with Crippen LogP contribution in [-0.2, 0) is 16.5 Å². The van der Waals surface area contributed by atoms with Crippen molar-refractivity contribution >= 4 is 12.1 Å². The number of carbonyl (C=O) groups excluding carboxylic acids is 1. The number of benzene rings is 1. The molecule has 3 heterocycles. The first-order chi connectivity index (χ1) is 18.6. The second kappa shape index (κ2) is 10.9. The van der Waals surface area contributed by atoms with Crippen molar-refractivity contribution in [3.05, 3.63) is 47.1 Å². The van der Waals surface area contributed by atoms with Crippen LogP contribution >= 0.6 is 0 Å². The minimum Gasteiger partial charge on any atom is -0.465 e. The standard InChI is InChI=1S/C27H36F3N5O5/c1-25(2,3)35(24(37)38)26(4,5)22-31-21(32-40-22)19-14-18(17-6-8-20(9-7-17)27(28,29)30)15-34(16-19)23(36)33-10-12-39-13-11-33/h6-9,18-19H,10-16H2,1-5H3,(H,37,38). The molecule has 4 rings (SSSR count). The maximum atomic E-state index is 13.4. The van der Waals surface area contributed by atoms with E-state index >= 15 is 0 Å². The third-order valence-electron chi connectivity index (χ3n) is 7.46. The van der Waals surface area contributed by atoms with Gasteiger partial charge in [0.1, 0.15) is 5.54 Å². The van der Waals surface area contributed by atoms with Gasteiger partial charge in [-0.15, -0.1) is 0 Å². The fourth-order valence-corrected chi connectivity index (χ4v) is 5.69. The van der Waals surface area contributed by atoms with E-state index in [-0.39, 0.29) is 30.3 Å². The molecule has 2 saturated heterocycles. The molecule has 40 heavy (non-hydrogen) atoms. The number of piperidine rings is 1. The van der Waals surface area contributed by atoms with Gasteiger partial charge in [-0.25, -0.2) is 9.59 Å². The zero-order valence-corrected chi connectivity index (χ0v) is 23.4. The van der Waals surface area contributed by atoms with E-state index in [2.05, 4.69) is 10.1 Å². The number of ether oxygens (including phenoxy) is 1. The maximum Gasteiger partial charge on any atom is 0.416 e. The number of carboxylic acid groups (broad SMARTS) is 1. The molecule has 3 amide bonds. The Labute approximate surface area is 231 Å². The van der Waals surface area contributed by atoms with Gasteiger partial charge in [0, 0.05) is 43.6 Å². The second-order valence-corrected chi connectivity index (χ2v) is 11.8. The Kier molecular flexibility index (Phi) is 8.08. The van der Waals surface area contributed by atoms with Crippen LogP contribution < -0.4 is 0 Å². The van der Waals surface area contributed by atoms with Crippen molar-refractivity contribution in [3.8, 4) is 0 Å². The van der Waals surface area contributed by atoms with Crippen molar-refractivity contribution in [2.24, 2.45) is 0 Å². The quantitative estimate of drug-likeness (QED) is 0.545. The zero-order chi connectivity index (χ0) is 29.5. The molecule has 220 valence electrons. The summed E-state index contributed by atoms with van der Waals surface area (Å²) in [5.74, 6) is -0.223. The van der Waals surface area contributed by atoms with Gasteiger partial charge < -0.3 is 24.2 Å². The average Bonchev–Trinajstić information content (AvgIpc) is 3.38. The van der Waals surface area contributed by atoms with Crippen molar-refractivity contribution < 1.29 is 37.1 Å². The molecule has 10 nitrogen and oxygen atoms in total. The lowest BCUT2D eigenvalue weighted by Crippen LogP contribution is -2.55. The van der Waals surface area contributed by atoms with Crippen molar-refractivity contribution in [2.45, 2.75) is 70.1 Å². The van der Waals surface area contributed by atoms with Crippen LogP contribution in [0, 0.1) is 0 Å². The van der Waals surface area contributed by atoms with E-state index in [1.807, 2.05) is 0 Å². The third kappa shape index (κ3) is 6.18. The number of hydrogen-bond acceptors (Lipinski definition) is 6. The summed E-state index contributed by atoms with van der Waals surface area (Å²) in [5.41, 5.74) is -1.98. The fourth-order valence-electron chi connectivity index (χ4n) is 5.69. The zero-order valence-electron chi connectivity index (χ0n) is 23.4. The van der Waals surface area contributed by atoms with Crippen molar-refractivity contribution in [1.82, 2.24) is 24.8 Å². The van der Waals surface area contributed by atoms with Crippen LogP contribution in [0.5, 0.6) is 0 Å². The van der Waals surface area contributed by atoms with Gasteiger partial charge in [-0.2, -0.15) is 18.2 Å². The molecule has 2 unspecified atom stereocenters. The van der Waals surface area contributed by atoms with E-state index in [1.54, 1.807) is 44.4 Å². The van der Waals surface area contributed by atoms with Gasteiger partial charge in [0.05, 0.1) is 18.8 Å². The number of carbonyl (C=O) groups is 2. The SMILES string of the molecule is CC(C)(C)N(C(=O)O)C(C)(C)c1nc(C2CC(c3ccc(C(F)(F)F)cc3)CN(C(=O)N3CCOCC3)C2)no1. The number of aromatic nitrogens is 2. The average molecular weight is 568 g/mol. The normalized spacial score (nSPS) is 20.9. The van der Waals surface area contributed by atoms with E-state index in [9.17, 15) is 27.9 Å². The van der Waals surface area contributed by atoms with Crippen molar-refractivity contribution in [2.75, 3.05) is 39.4 Å². The minimum absolute atomic E-state index is 0.113. The molecule has 0 saturated carbocycles. The highest BCUT2D eigenvalue weighted by atomic mass is 19.4. The highest BCUT2D eigenvalue weighted by Crippen LogP contribution is 2.39. The Morgan fingerprint density at radius 1 is 0.975 bits per heavy atom. The van der Waals surface area contributed by atoms with Crippen LogP contribution in [-0.4, -0.2) is 87.0 Å². The number of urea groups is 1. The lowest BCUT2D eigenvalue weighted by atomic mass is 9.84. The first-order valence-electron chi connectivity index (χ1n) is 13.2. The number of nitrogens with zero attached hydrogens (tertiary/aromatic N) is 5. The lowest BCUT2D eigenvalue weighted by Gasteiger charge is -2.42. The van der Waals surface area contributed by atoms with Gasteiger partial charge in [0.2, 0.25) is 0 Å². The molecule has 2 fully saturated rings. The Morgan fingerprint density at radius 3 is 2.12 bits per heavy atom. The first-order valence-corrected chi connectivity index (χ1v) is 13.2. The third-order valence-corrected chi connectivity index (χ3v) is 7.46. The summed E-state index contributed by atoms with van der Waals surface area (Å²) in [5, 5.41) is 14.1. The molecule has 1 N–H and O–H groups in total. The molecule has 0 aliphatic carbocycles. The molecule has 2 atom stereocenters. The van der Waals surface area contributed by atoms with Gasteiger partial charge in [-0.05, 0) is 58.7 Å². The number of likely N-dealkylation sites (tertiary alicyclic amines) is 1. The predicted molar refractivity (Wildman–Crippen MR) is 138 cm³/mol. The van der Waals surface area contributed by atoms with Crippen LogP contribution in [0.25, 0.3) is 0 Å². The summed E-state index contributed by atoms with van der Waals surface area (Å²) < 4.78 is 50.4. The van der Waals surface area contributed by atoms with Crippen LogP contribution in [0.15, 0.2) is 28.8 Å². The van der Waals surface area contributed by atoms with Gasteiger partial charge in [0.25, 0.3) is 5.89 Å². The Bertz CT molecular complexity index is 1200. The van der Waals surface area contributed by atoms with E-state index in [0.29, 0.717) is 50.7 Å². The molecule has 13 heteroatoms. The maximum absolute atomic E-state index is 13.4. The molecule has 1 aromatic carbocycles. The highest BCUT2D eigenvalue weighted by Gasteiger charge is 2.45. The Balaban J connectivity index is 1.64. The topological polar surface area (TPSA) is 112 Å². The van der Waals surface area contributed by atoms with Crippen LogP contribution in [0.3, 0.4) is 0 Å². The molecule has 0 bridgehead atoms. The second-order valence-electron chi connectivity index (χ2n) is 11.8. The van der Waals surface area contributed by atoms with Gasteiger partial charge >= 0.3 is 18.3 Å². The van der Waals surface area contributed by atoms with E-state index in [0.717, 1.165) is 12.1 Å². The molecule has 1 aromatic heterocycles. The monoisotopic (exact) mass is 567 g/mol. The minimum atomic E-state index is -4.45. The lowest BCUT2D eigenvalue weighted by molar-refractivity contribution is -0.137. The number of amides is 3. The molecule has 2 aromatic rings. The Hall–Kier alpha value is -3.35. The fraction of sp³-hybridized carbons (Fsp3) is 0.630. The number of rotatable bonds is 4. The van der Waals surface area contributed by atoms with Crippen LogP contribution in [0.4, 0.5) is 22.8 Å². The first kappa shape index (κ1) is 29.6. The van der Waals surface area contributed by atoms with E-state index in [1.165, 1.54) is 17.0 Å². The summed E-state index contributed by atoms with van der Waals surface area (Å²) in [4.78, 5) is 34.8. The predicted octanol–water partition coefficient (Wildman–Crippen LogP) is 5.13. The smallest absolute Gasteiger partial charge is 0.416 e. The van der Waals surface area contributed by atoms with Crippen molar-refractivity contribution in [3.63, 3.8) is 0 Å². The van der Waals surface area contributed by atoms with E-state index in [4.69, 9.17) is 9.26 Å². The number of alkyl halides is 3. The summed E-state index contributed by atoms with van der Waals surface area (Å²) in [6.45, 7) is 11.0. The van der Waals surface area contributed by atoms with Crippen LogP contribution in [0.2, 0.25) is 0 Å². The number of morpholine rings is 1. The van der Waals surface area contributed by atoms with Gasteiger partial charge in [-0.1, -0.05) is 17.3 Å². The van der Waals surface area contributed by atoms with Crippen LogP contribution in [0.1, 0.15) is 75.7 Å². The number of halogens is 3. The summed E-state index contributed by atoms with van der Waals surface area (Å²) in [6.07, 6.45) is -5.12. The van der Waals surface area contributed by atoms with Crippen molar-refractivity contribution in [1.29, 1.82) is 0 Å². The molecule has 0 radical (unpaired) electrons. The molecule has 2 aliphatic rings. The summed E-state index contributed by atoms with van der Waals surface area (Å²) >= 11 is 0. The molecular weight excluding hydrogens is 531 g/mol. The summed E-state index contributed by atoms with van der Waals surface area (Å²) in [7, 11) is 0. The largest absolute Gasteiger partial charge is 0.465 e. The van der Waals surface area contributed by atoms with E-state index < -0.39 is 28.9 Å². The molecule has 0 spiro atoms. The summed E-state index contributed by atoms with van der Waals surface area (Å²) in [6, 6.07) is 4.82. The molecular formula is C27H36F3N5O5. The highest BCUT2D eigenvalue weighted by molar-refractivity contribution is 5.75. The Morgan fingerprint density at radius 2 is 1.57 bits per heavy atom.